The molecule has 2 nitrogen and oxygen atoms in total. The Hall–Kier alpha value is -7.94. The molecule has 0 spiro atoms. The van der Waals surface area contributed by atoms with Crippen molar-refractivity contribution in [3.05, 3.63) is 242 Å². The first-order chi connectivity index (χ1) is 29.7. The van der Waals surface area contributed by atoms with Crippen molar-refractivity contribution < 1.29 is 0 Å². The number of benzene rings is 11. The minimum atomic E-state index is 1.10. The maximum absolute atomic E-state index is 2.46. The monoisotopic (exact) mass is 764 g/mol. The van der Waals surface area contributed by atoms with Gasteiger partial charge in [0, 0.05) is 33.5 Å². The zero-order chi connectivity index (χ0) is 39.8. The lowest BCUT2D eigenvalue weighted by atomic mass is 9.96. The SMILES string of the molecule is C(=Cc1ccc(N(c2cc3ccccc3c3ccccc23)c2cc3ccccc3c3ccccc23)cc1)c1ccc(N(c2ccccc2)c2ccc3ccccc3c2)cc1. The number of hydrogen-bond acceptors (Lipinski definition) is 2. The van der Waals surface area contributed by atoms with Crippen molar-refractivity contribution in [3.8, 4) is 0 Å². The number of anilines is 6. The summed E-state index contributed by atoms with van der Waals surface area (Å²) < 4.78 is 0. The van der Waals surface area contributed by atoms with E-state index in [1.165, 1.54) is 53.9 Å². The molecular formula is C58H40N2. The molecule has 0 radical (unpaired) electrons. The van der Waals surface area contributed by atoms with Gasteiger partial charge in [0.15, 0.2) is 0 Å². The van der Waals surface area contributed by atoms with Crippen molar-refractivity contribution in [2.45, 2.75) is 0 Å². The Morgan fingerprint density at radius 2 is 0.617 bits per heavy atom. The second-order valence-corrected chi connectivity index (χ2v) is 15.4. The van der Waals surface area contributed by atoms with Crippen LogP contribution in [0.4, 0.5) is 34.1 Å². The molecule has 60 heavy (non-hydrogen) atoms. The van der Waals surface area contributed by atoms with Crippen molar-refractivity contribution in [2.75, 3.05) is 9.80 Å². The van der Waals surface area contributed by atoms with Crippen LogP contribution in [0.2, 0.25) is 0 Å². The summed E-state index contributed by atoms with van der Waals surface area (Å²) in [6, 6.07) is 83.4. The predicted octanol–water partition coefficient (Wildman–Crippen LogP) is 16.6. The average Bonchev–Trinajstić information content (AvgIpc) is 3.32. The van der Waals surface area contributed by atoms with Crippen molar-refractivity contribution in [3.63, 3.8) is 0 Å². The van der Waals surface area contributed by atoms with Gasteiger partial charge in [0.05, 0.1) is 11.4 Å². The van der Waals surface area contributed by atoms with Gasteiger partial charge in [-0.05, 0) is 115 Å². The molecule has 0 amide bonds. The second-order valence-electron chi connectivity index (χ2n) is 15.4. The van der Waals surface area contributed by atoms with E-state index in [0.717, 1.165) is 45.3 Å². The molecule has 0 atom stereocenters. The third kappa shape index (κ3) is 6.41. The number of nitrogens with zero attached hydrogens (tertiary/aromatic N) is 2. The van der Waals surface area contributed by atoms with E-state index < -0.39 is 0 Å². The van der Waals surface area contributed by atoms with Crippen LogP contribution < -0.4 is 9.80 Å². The highest BCUT2D eigenvalue weighted by atomic mass is 15.1. The third-order valence-electron chi connectivity index (χ3n) is 11.8. The summed E-state index contributed by atoms with van der Waals surface area (Å²) in [5.74, 6) is 0. The lowest BCUT2D eigenvalue weighted by Crippen LogP contribution is -2.11. The molecule has 0 aliphatic carbocycles. The average molecular weight is 765 g/mol. The Morgan fingerprint density at radius 3 is 1.15 bits per heavy atom. The van der Waals surface area contributed by atoms with E-state index in [1.807, 2.05) is 0 Å². The highest BCUT2D eigenvalue weighted by molar-refractivity contribution is 6.18. The maximum atomic E-state index is 2.46. The quantitative estimate of drug-likeness (QED) is 0.112. The number of rotatable bonds is 8. The van der Waals surface area contributed by atoms with E-state index in [2.05, 4.69) is 252 Å². The molecule has 0 aliphatic rings. The van der Waals surface area contributed by atoms with E-state index in [9.17, 15) is 0 Å². The van der Waals surface area contributed by atoms with Crippen LogP contribution >= 0.6 is 0 Å². The molecule has 0 bridgehead atoms. The smallest absolute Gasteiger partial charge is 0.0546 e. The van der Waals surface area contributed by atoms with E-state index >= 15 is 0 Å². The minimum absolute atomic E-state index is 1.10. The molecule has 0 saturated heterocycles. The van der Waals surface area contributed by atoms with Gasteiger partial charge in [0.25, 0.3) is 0 Å². The van der Waals surface area contributed by atoms with Gasteiger partial charge in [0.1, 0.15) is 0 Å². The van der Waals surface area contributed by atoms with Gasteiger partial charge in [-0.15, -0.1) is 0 Å². The molecule has 0 saturated carbocycles. The zero-order valence-electron chi connectivity index (χ0n) is 33.0. The summed E-state index contributed by atoms with van der Waals surface area (Å²) in [6.07, 6.45) is 4.41. The Labute approximate surface area is 350 Å². The lowest BCUT2D eigenvalue weighted by molar-refractivity contribution is 1.29. The lowest BCUT2D eigenvalue weighted by Gasteiger charge is -2.29. The van der Waals surface area contributed by atoms with Crippen LogP contribution in [-0.2, 0) is 0 Å². The highest BCUT2D eigenvalue weighted by Crippen LogP contribution is 2.46. The molecule has 0 aromatic heterocycles. The van der Waals surface area contributed by atoms with Crippen LogP contribution in [0.25, 0.3) is 66.0 Å². The van der Waals surface area contributed by atoms with Gasteiger partial charge in [-0.3, -0.25) is 0 Å². The molecule has 11 aromatic rings. The highest BCUT2D eigenvalue weighted by Gasteiger charge is 2.20. The first-order valence-electron chi connectivity index (χ1n) is 20.6. The van der Waals surface area contributed by atoms with Gasteiger partial charge in [-0.25, -0.2) is 0 Å². The Bertz CT molecular complexity index is 3250. The molecule has 11 aromatic carbocycles. The first kappa shape index (κ1) is 35.2. The van der Waals surface area contributed by atoms with Gasteiger partial charge in [0.2, 0.25) is 0 Å². The van der Waals surface area contributed by atoms with Crippen molar-refractivity contribution >= 4 is 100 Å². The topological polar surface area (TPSA) is 6.48 Å². The molecule has 0 N–H and O–H groups in total. The number of hydrogen-bond donors (Lipinski definition) is 0. The zero-order valence-corrected chi connectivity index (χ0v) is 33.0. The van der Waals surface area contributed by atoms with Gasteiger partial charge in [-0.1, -0.05) is 182 Å². The van der Waals surface area contributed by atoms with Gasteiger partial charge >= 0.3 is 0 Å². The largest absolute Gasteiger partial charge is 0.310 e. The maximum Gasteiger partial charge on any atom is 0.0546 e. The Balaban J connectivity index is 0.970. The van der Waals surface area contributed by atoms with Crippen LogP contribution in [0.5, 0.6) is 0 Å². The van der Waals surface area contributed by atoms with E-state index in [4.69, 9.17) is 0 Å². The third-order valence-corrected chi connectivity index (χ3v) is 11.8. The fourth-order valence-corrected chi connectivity index (χ4v) is 8.85. The van der Waals surface area contributed by atoms with Gasteiger partial charge in [-0.2, -0.15) is 0 Å². The summed E-state index contributed by atoms with van der Waals surface area (Å²) in [5, 5.41) is 12.3. The van der Waals surface area contributed by atoms with Crippen LogP contribution in [0.15, 0.2) is 231 Å². The van der Waals surface area contributed by atoms with Crippen molar-refractivity contribution in [1.29, 1.82) is 0 Å². The Kier molecular flexibility index (Phi) is 8.87. The fourth-order valence-electron chi connectivity index (χ4n) is 8.85. The van der Waals surface area contributed by atoms with E-state index in [1.54, 1.807) is 0 Å². The second kappa shape index (κ2) is 15.1. The normalized spacial score (nSPS) is 11.6. The number of fused-ring (bicyclic) bond motifs is 7. The predicted molar refractivity (Wildman–Crippen MR) is 259 cm³/mol. The molecule has 0 unspecified atom stereocenters. The molecular weight excluding hydrogens is 725 g/mol. The summed E-state index contributed by atoms with van der Waals surface area (Å²) >= 11 is 0. The first-order valence-corrected chi connectivity index (χ1v) is 20.6. The Morgan fingerprint density at radius 1 is 0.233 bits per heavy atom. The minimum Gasteiger partial charge on any atom is -0.310 e. The van der Waals surface area contributed by atoms with Crippen LogP contribution in [0, 0.1) is 0 Å². The van der Waals surface area contributed by atoms with Crippen molar-refractivity contribution in [1.82, 2.24) is 0 Å². The summed E-state index contributed by atoms with van der Waals surface area (Å²) in [7, 11) is 0. The summed E-state index contributed by atoms with van der Waals surface area (Å²) in [4.78, 5) is 4.78. The van der Waals surface area contributed by atoms with Crippen LogP contribution in [0.1, 0.15) is 11.1 Å². The molecule has 0 fully saturated rings. The van der Waals surface area contributed by atoms with Crippen LogP contribution in [0.3, 0.4) is 0 Å². The molecule has 0 aliphatic heterocycles. The van der Waals surface area contributed by atoms with Crippen LogP contribution in [-0.4, -0.2) is 0 Å². The molecule has 11 rings (SSSR count). The molecule has 0 heterocycles. The fraction of sp³-hybridized carbons (Fsp3) is 0. The summed E-state index contributed by atoms with van der Waals surface area (Å²) in [6.45, 7) is 0. The van der Waals surface area contributed by atoms with Crippen molar-refractivity contribution in [2.24, 2.45) is 0 Å². The standard InChI is InChI=1S/C58H40N2/c1-2-18-47(19-3-1)59(50-37-32-43-14-4-5-15-44(43)38-50)48-33-28-41(29-34-48)26-27-42-30-35-49(36-31-42)60(57-39-45-16-6-8-20-51(45)53-22-10-12-24-55(53)57)58-40-46-17-7-9-21-52(46)54-23-11-13-25-56(54)58/h1-40H. The molecule has 282 valence electrons. The van der Waals surface area contributed by atoms with Gasteiger partial charge < -0.3 is 9.80 Å². The van der Waals surface area contributed by atoms with E-state index in [0.29, 0.717) is 0 Å². The van der Waals surface area contributed by atoms with E-state index in [-0.39, 0.29) is 0 Å². The number of para-hydroxylation sites is 1. The summed E-state index contributed by atoms with van der Waals surface area (Å²) in [5.41, 5.74) is 9.05. The molecule has 2 heteroatoms.